The van der Waals surface area contributed by atoms with Gasteiger partial charge in [-0.3, -0.25) is 4.98 Å². The van der Waals surface area contributed by atoms with Gasteiger partial charge in [-0.1, -0.05) is 18.2 Å². The summed E-state index contributed by atoms with van der Waals surface area (Å²) in [5, 5.41) is 36.3. The van der Waals surface area contributed by atoms with Gasteiger partial charge in [0.2, 0.25) is 0 Å². The van der Waals surface area contributed by atoms with Crippen LogP contribution in [-0.4, -0.2) is 25.4 Å². The molecule has 0 unspecified atom stereocenters. The fourth-order valence-corrected chi connectivity index (χ4v) is 1.60. The average Bonchev–Trinajstić information content (AvgIpc) is 2.45. The molecule has 3 aromatic rings. The lowest BCUT2D eigenvalue weighted by atomic mass is 10.2. The average molecular weight is 271 g/mol. The summed E-state index contributed by atoms with van der Waals surface area (Å²) >= 11 is 0. The summed E-state index contributed by atoms with van der Waals surface area (Å²) in [6.45, 7) is 0. The lowest BCUT2D eigenvalue weighted by molar-refractivity contribution is 0.396. The Bertz CT molecular complexity index is 723. The van der Waals surface area contributed by atoms with Crippen LogP contribution in [-0.2, 0) is 0 Å². The first-order chi connectivity index (χ1) is 9.58. The minimum Gasteiger partial charge on any atom is -0.508 e. The Labute approximate surface area is 115 Å². The Morgan fingerprint density at radius 2 is 1.45 bits per heavy atom. The summed E-state index contributed by atoms with van der Waals surface area (Å²) in [5.41, 5.74) is 0.662. The van der Waals surface area contributed by atoms with E-state index < -0.39 is 0 Å². The predicted octanol–water partition coefficient (Wildman–Crippen LogP) is 2.74. The second-order valence-corrected chi connectivity index (χ2v) is 4.03. The second-order valence-electron chi connectivity index (χ2n) is 4.03. The van der Waals surface area contributed by atoms with Crippen molar-refractivity contribution in [1.82, 2.24) is 4.98 Å². The van der Waals surface area contributed by atoms with Crippen LogP contribution in [0.3, 0.4) is 0 Å². The van der Waals surface area contributed by atoms with Crippen LogP contribution in [0.4, 0.5) is 0 Å². The maximum atomic E-state index is 9.31. The van der Waals surface area contributed by atoms with Crippen molar-refractivity contribution in [2.24, 2.45) is 0 Å². The Balaban J connectivity index is 0.000000151. The molecule has 0 saturated carbocycles. The van der Waals surface area contributed by atoms with E-state index in [-0.39, 0.29) is 23.0 Å². The Hall–Kier alpha value is -2.95. The number of phenolic OH excluding ortho intramolecular Hbond substituents is 4. The van der Waals surface area contributed by atoms with Gasteiger partial charge in [-0.25, -0.2) is 0 Å². The van der Waals surface area contributed by atoms with E-state index in [1.54, 1.807) is 18.3 Å². The van der Waals surface area contributed by atoms with Crippen molar-refractivity contribution in [2.75, 3.05) is 0 Å². The van der Waals surface area contributed by atoms with Crippen molar-refractivity contribution in [3.05, 3.63) is 54.7 Å². The third-order valence-electron chi connectivity index (χ3n) is 2.57. The summed E-state index contributed by atoms with van der Waals surface area (Å²) in [6.07, 6.45) is 1.67. The van der Waals surface area contributed by atoms with Crippen LogP contribution < -0.4 is 0 Å². The molecule has 5 nitrogen and oxygen atoms in total. The number of nitrogens with zero attached hydrogens (tertiary/aromatic N) is 1. The lowest BCUT2D eigenvalue weighted by Crippen LogP contribution is -1.76. The molecule has 0 amide bonds. The van der Waals surface area contributed by atoms with E-state index in [0.29, 0.717) is 5.52 Å². The molecule has 4 N–H and O–H groups in total. The molecule has 0 spiro atoms. The van der Waals surface area contributed by atoms with Crippen molar-refractivity contribution in [3.8, 4) is 23.0 Å². The number of hydrogen-bond acceptors (Lipinski definition) is 5. The van der Waals surface area contributed by atoms with Crippen molar-refractivity contribution in [3.63, 3.8) is 0 Å². The minimum atomic E-state index is -0.310. The summed E-state index contributed by atoms with van der Waals surface area (Å²) in [4.78, 5) is 4.03. The molecule has 1 heterocycles. The topological polar surface area (TPSA) is 93.8 Å². The van der Waals surface area contributed by atoms with Gasteiger partial charge in [-0.2, -0.15) is 0 Å². The highest BCUT2D eigenvalue weighted by atomic mass is 16.3. The third kappa shape index (κ3) is 3.08. The molecule has 0 aliphatic carbocycles. The molecule has 0 saturated heterocycles. The second kappa shape index (κ2) is 5.79. The van der Waals surface area contributed by atoms with Crippen LogP contribution >= 0.6 is 0 Å². The highest BCUT2D eigenvalue weighted by molar-refractivity contribution is 5.83. The zero-order valence-corrected chi connectivity index (χ0v) is 10.4. The maximum absolute atomic E-state index is 9.31. The van der Waals surface area contributed by atoms with Crippen LogP contribution in [0.5, 0.6) is 23.0 Å². The molecular weight excluding hydrogens is 258 g/mol. The molecule has 102 valence electrons. The van der Waals surface area contributed by atoms with Gasteiger partial charge in [0.1, 0.15) is 17.0 Å². The molecule has 1 aromatic heterocycles. The van der Waals surface area contributed by atoms with Gasteiger partial charge in [0.05, 0.1) is 0 Å². The first-order valence-corrected chi connectivity index (χ1v) is 5.81. The minimum absolute atomic E-state index is 0.0645. The van der Waals surface area contributed by atoms with Gasteiger partial charge in [0.15, 0.2) is 11.5 Å². The molecule has 20 heavy (non-hydrogen) atoms. The number of rotatable bonds is 0. The zero-order chi connectivity index (χ0) is 14.5. The van der Waals surface area contributed by atoms with Crippen LogP contribution in [0.1, 0.15) is 0 Å². The van der Waals surface area contributed by atoms with Gasteiger partial charge < -0.3 is 20.4 Å². The van der Waals surface area contributed by atoms with Crippen molar-refractivity contribution in [2.45, 2.75) is 0 Å². The quantitative estimate of drug-likeness (QED) is 0.372. The smallest absolute Gasteiger partial charge is 0.161 e. The Morgan fingerprint density at radius 3 is 2.10 bits per heavy atom. The number of hydrogen-bond donors (Lipinski definition) is 4. The van der Waals surface area contributed by atoms with Gasteiger partial charge >= 0.3 is 0 Å². The van der Waals surface area contributed by atoms with Crippen LogP contribution in [0.25, 0.3) is 10.9 Å². The van der Waals surface area contributed by atoms with Crippen LogP contribution in [0.2, 0.25) is 0 Å². The molecule has 5 heteroatoms. The zero-order valence-electron chi connectivity index (χ0n) is 10.4. The lowest BCUT2D eigenvalue weighted by Gasteiger charge is -1.96. The molecule has 2 aromatic carbocycles. The normalized spacial score (nSPS) is 9.80. The molecule has 0 aliphatic heterocycles. The molecule has 0 bridgehead atoms. The largest absolute Gasteiger partial charge is 0.508 e. The molecule has 0 radical (unpaired) electrons. The molecule has 3 rings (SSSR count). The molecule has 0 atom stereocenters. The first-order valence-electron chi connectivity index (χ1n) is 5.81. The fraction of sp³-hybridized carbons (Fsp3) is 0. The summed E-state index contributed by atoms with van der Waals surface area (Å²) < 4.78 is 0. The third-order valence-corrected chi connectivity index (χ3v) is 2.57. The first kappa shape index (κ1) is 13.5. The highest BCUT2D eigenvalue weighted by Crippen LogP contribution is 2.27. The van der Waals surface area contributed by atoms with Crippen molar-refractivity contribution < 1.29 is 20.4 Å². The summed E-state index contributed by atoms with van der Waals surface area (Å²) in [6, 6.07) is 12.7. The van der Waals surface area contributed by atoms with Gasteiger partial charge in [0.25, 0.3) is 0 Å². The monoisotopic (exact) mass is 271 g/mol. The fourth-order valence-electron chi connectivity index (χ4n) is 1.60. The van der Waals surface area contributed by atoms with Gasteiger partial charge in [-0.05, 0) is 24.3 Å². The van der Waals surface area contributed by atoms with Gasteiger partial charge in [-0.15, -0.1) is 0 Å². The summed E-state index contributed by atoms with van der Waals surface area (Å²) in [7, 11) is 0. The number of aromatic hydroxyl groups is 4. The number of fused-ring (bicyclic) bond motifs is 1. The number of benzene rings is 2. The van der Waals surface area contributed by atoms with E-state index in [0.717, 1.165) is 11.5 Å². The Morgan fingerprint density at radius 1 is 0.700 bits per heavy atom. The van der Waals surface area contributed by atoms with E-state index in [1.807, 2.05) is 18.2 Å². The standard InChI is InChI=1S/C9H7NO.C6H6O3/c11-8-5-1-3-7-4-2-6-10-9(7)8;7-4-1-2-5(8)6(9)3-4/h1-6,11H;1-3,7-9H. The SMILES string of the molecule is Oc1ccc(O)c(O)c1.Oc1cccc2cccnc12. The van der Waals surface area contributed by atoms with Gasteiger partial charge in [0, 0.05) is 17.6 Å². The summed E-state index contributed by atoms with van der Waals surface area (Å²) in [5.74, 6) is -0.365. The predicted molar refractivity (Wildman–Crippen MR) is 74.8 cm³/mol. The number of phenols is 4. The van der Waals surface area contributed by atoms with Crippen molar-refractivity contribution >= 4 is 10.9 Å². The van der Waals surface area contributed by atoms with E-state index in [2.05, 4.69) is 4.98 Å². The molecule has 0 fully saturated rings. The van der Waals surface area contributed by atoms with E-state index in [9.17, 15) is 5.11 Å². The number of aromatic nitrogens is 1. The maximum Gasteiger partial charge on any atom is 0.161 e. The Kier molecular flexibility index (Phi) is 3.91. The highest BCUT2D eigenvalue weighted by Gasteiger charge is 1.97. The number of pyridine rings is 1. The molecular formula is C15H13NO4. The van der Waals surface area contributed by atoms with E-state index in [4.69, 9.17) is 15.3 Å². The van der Waals surface area contributed by atoms with E-state index >= 15 is 0 Å². The number of para-hydroxylation sites is 1. The van der Waals surface area contributed by atoms with E-state index in [1.165, 1.54) is 12.1 Å². The van der Waals surface area contributed by atoms with Crippen molar-refractivity contribution in [1.29, 1.82) is 0 Å². The van der Waals surface area contributed by atoms with Crippen LogP contribution in [0, 0.1) is 0 Å². The molecule has 0 aliphatic rings. The van der Waals surface area contributed by atoms with Crippen LogP contribution in [0.15, 0.2) is 54.7 Å².